The van der Waals surface area contributed by atoms with Gasteiger partial charge in [0, 0.05) is 13.0 Å². The zero-order chi connectivity index (χ0) is 17.7. The van der Waals surface area contributed by atoms with Crippen molar-refractivity contribution in [1.29, 1.82) is 0 Å². The third kappa shape index (κ3) is 4.25. The molecule has 1 aromatic rings. The first-order valence-electron chi connectivity index (χ1n) is 8.59. The zero-order valence-electron chi connectivity index (χ0n) is 14.9. The smallest absolute Gasteiger partial charge is 0.309 e. The number of rotatable bonds is 1. The van der Waals surface area contributed by atoms with Crippen molar-refractivity contribution >= 4 is 11.9 Å². The lowest BCUT2D eigenvalue weighted by Gasteiger charge is -2.34. The minimum absolute atomic E-state index is 0.0674. The van der Waals surface area contributed by atoms with Crippen molar-refractivity contribution in [2.24, 2.45) is 11.8 Å². The van der Waals surface area contributed by atoms with Crippen LogP contribution in [0.3, 0.4) is 0 Å². The summed E-state index contributed by atoms with van der Waals surface area (Å²) in [4.78, 5) is 26.8. The van der Waals surface area contributed by atoms with Crippen molar-refractivity contribution in [3.05, 3.63) is 48.0 Å². The van der Waals surface area contributed by atoms with Crippen molar-refractivity contribution in [3.8, 4) is 0 Å². The summed E-state index contributed by atoms with van der Waals surface area (Å²) in [5.74, 6) is -0.446. The number of cyclic esters (lactones) is 1. The molecule has 2 rings (SSSR count). The van der Waals surface area contributed by atoms with Gasteiger partial charge in [0.25, 0.3) is 0 Å². The first-order chi connectivity index (χ1) is 11.4. The Morgan fingerprint density at radius 3 is 2.17 bits per heavy atom. The first-order valence-corrected chi connectivity index (χ1v) is 8.59. The predicted molar refractivity (Wildman–Crippen MR) is 94.2 cm³/mol. The normalized spacial score (nSPS) is 29.6. The molecule has 1 aromatic carbocycles. The van der Waals surface area contributed by atoms with Gasteiger partial charge in [-0.05, 0) is 25.3 Å². The number of likely N-dealkylation sites (N-methyl/N-ethyl adjacent to an activating group) is 1. The Morgan fingerprint density at radius 2 is 1.54 bits per heavy atom. The zero-order valence-corrected chi connectivity index (χ0v) is 14.9. The molecule has 1 aliphatic rings. The van der Waals surface area contributed by atoms with Gasteiger partial charge in [0.05, 0.1) is 12.0 Å². The Hall–Kier alpha value is -2.10. The second-order valence-corrected chi connectivity index (χ2v) is 6.70. The number of hydrogen-bond donors (Lipinski definition) is 0. The summed E-state index contributed by atoms with van der Waals surface area (Å²) in [5, 5.41) is 0. The molecule has 0 aliphatic carbocycles. The molecule has 4 nitrogen and oxygen atoms in total. The number of nitrogens with zero attached hydrogens (tertiary/aromatic N) is 1. The molecule has 0 bridgehead atoms. The lowest BCUT2D eigenvalue weighted by atomic mass is 9.98. The summed E-state index contributed by atoms with van der Waals surface area (Å²) in [6.45, 7) is 5.75. The van der Waals surface area contributed by atoms with E-state index in [0.717, 1.165) is 5.56 Å². The van der Waals surface area contributed by atoms with Crippen LogP contribution in [-0.2, 0) is 14.3 Å². The van der Waals surface area contributed by atoms with E-state index in [1.54, 1.807) is 11.9 Å². The highest BCUT2D eigenvalue weighted by Gasteiger charge is 2.32. The second kappa shape index (κ2) is 8.13. The third-order valence-corrected chi connectivity index (χ3v) is 4.74. The fourth-order valence-corrected chi connectivity index (χ4v) is 2.88. The summed E-state index contributed by atoms with van der Waals surface area (Å²) in [7, 11) is 1.78. The number of esters is 1. The van der Waals surface area contributed by atoms with Gasteiger partial charge in [0.2, 0.25) is 5.91 Å². The van der Waals surface area contributed by atoms with Crippen LogP contribution in [-0.4, -0.2) is 29.9 Å². The van der Waals surface area contributed by atoms with Gasteiger partial charge in [-0.25, -0.2) is 0 Å². The van der Waals surface area contributed by atoms with Gasteiger partial charge < -0.3 is 9.64 Å². The molecule has 1 aliphatic heterocycles. The number of amides is 1. The highest BCUT2D eigenvalue weighted by molar-refractivity contribution is 5.79. The maximum atomic E-state index is 12.6. The topological polar surface area (TPSA) is 46.6 Å². The van der Waals surface area contributed by atoms with Crippen LogP contribution in [0.5, 0.6) is 0 Å². The third-order valence-electron chi connectivity index (χ3n) is 4.74. The molecule has 0 spiro atoms. The van der Waals surface area contributed by atoms with E-state index in [0.29, 0.717) is 12.8 Å². The van der Waals surface area contributed by atoms with Crippen molar-refractivity contribution in [3.63, 3.8) is 0 Å². The average Bonchev–Trinajstić information content (AvgIpc) is 2.60. The Kier molecular flexibility index (Phi) is 6.18. The van der Waals surface area contributed by atoms with Crippen LogP contribution in [0.25, 0.3) is 0 Å². The van der Waals surface area contributed by atoms with Crippen LogP contribution in [0, 0.1) is 11.8 Å². The van der Waals surface area contributed by atoms with Crippen molar-refractivity contribution in [1.82, 2.24) is 4.90 Å². The molecule has 130 valence electrons. The Labute approximate surface area is 144 Å². The lowest BCUT2D eigenvalue weighted by molar-refractivity contribution is -0.160. The van der Waals surface area contributed by atoms with E-state index in [-0.39, 0.29) is 29.8 Å². The largest absolute Gasteiger partial charge is 0.455 e. The van der Waals surface area contributed by atoms with Gasteiger partial charge in [-0.15, -0.1) is 0 Å². The second-order valence-electron chi connectivity index (χ2n) is 6.70. The molecule has 1 heterocycles. The van der Waals surface area contributed by atoms with Crippen molar-refractivity contribution < 1.29 is 14.3 Å². The standard InChI is InChI=1S/C20H27NO3/c1-14-10-8-9-11-15(2)20(23)24-18(16(3)21(4)19(14)22)17-12-6-5-7-13-17/h5-9,12-16,18H,10-11H2,1-4H3/t14-,15+,16-,18?/m1/s1. The Balaban J connectivity index is 2.36. The lowest BCUT2D eigenvalue weighted by Crippen LogP contribution is -2.43. The molecule has 0 saturated carbocycles. The predicted octanol–water partition coefficient (Wildman–Crippen LogP) is 3.74. The number of carbonyl (C=O) groups is 2. The molecule has 0 N–H and O–H groups in total. The minimum atomic E-state index is -0.467. The molecule has 4 heteroatoms. The quantitative estimate of drug-likeness (QED) is 0.582. The van der Waals surface area contributed by atoms with Crippen molar-refractivity contribution in [2.75, 3.05) is 7.05 Å². The van der Waals surface area contributed by atoms with Gasteiger partial charge in [0.15, 0.2) is 0 Å². The van der Waals surface area contributed by atoms with Gasteiger partial charge >= 0.3 is 5.97 Å². The number of hydrogen-bond acceptors (Lipinski definition) is 3. The van der Waals surface area contributed by atoms with Crippen molar-refractivity contribution in [2.45, 2.75) is 45.8 Å². The SMILES string of the molecule is C[C@@H]1CC=CC[C@H](C)C(=O)OC(c2ccccc2)[C@@H](C)N(C)C1=O. The van der Waals surface area contributed by atoms with Gasteiger partial charge in [-0.1, -0.05) is 56.3 Å². The van der Waals surface area contributed by atoms with E-state index < -0.39 is 6.10 Å². The molecule has 24 heavy (non-hydrogen) atoms. The maximum Gasteiger partial charge on any atom is 0.309 e. The summed E-state index contributed by atoms with van der Waals surface area (Å²) >= 11 is 0. The monoisotopic (exact) mass is 329 g/mol. The minimum Gasteiger partial charge on any atom is -0.455 e. The molecule has 4 atom stereocenters. The molecule has 1 unspecified atom stereocenters. The van der Waals surface area contributed by atoms with Crippen LogP contribution in [0.2, 0.25) is 0 Å². The molecular formula is C20H27NO3. The summed E-state index contributed by atoms with van der Waals surface area (Å²) < 4.78 is 5.82. The van der Waals surface area contributed by atoms with Gasteiger partial charge in [0.1, 0.15) is 6.10 Å². The average molecular weight is 329 g/mol. The number of benzene rings is 1. The van der Waals surface area contributed by atoms with Gasteiger partial charge in [-0.2, -0.15) is 0 Å². The molecule has 0 fully saturated rings. The van der Waals surface area contributed by atoms with E-state index in [1.807, 2.05) is 63.3 Å². The summed E-state index contributed by atoms with van der Waals surface area (Å²) in [6, 6.07) is 9.40. The number of allylic oxidation sites excluding steroid dienone is 2. The van der Waals surface area contributed by atoms with Crippen LogP contribution in [0.4, 0.5) is 0 Å². The Bertz CT molecular complexity index is 596. The fraction of sp³-hybridized carbons (Fsp3) is 0.500. The maximum absolute atomic E-state index is 12.6. The van der Waals surface area contributed by atoms with Crippen LogP contribution in [0.1, 0.15) is 45.3 Å². The first kappa shape index (κ1) is 18.2. The number of carbonyl (C=O) groups excluding carboxylic acids is 2. The molecule has 0 radical (unpaired) electrons. The fourth-order valence-electron chi connectivity index (χ4n) is 2.88. The van der Waals surface area contributed by atoms with E-state index in [2.05, 4.69) is 0 Å². The molecule has 0 aromatic heterocycles. The van der Waals surface area contributed by atoms with Gasteiger partial charge in [-0.3, -0.25) is 9.59 Å². The highest BCUT2D eigenvalue weighted by Crippen LogP contribution is 2.28. The highest BCUT2D eigenvalue weighted by atomic mass is 16.5. The van der Waals surface area contributed by atoms with E-state index in [1.165, 1.54) is 0 Å². The van der Waals surface area contributed by atoms with E-state index >= 15 is 0 Å². The van der Waals surface area contributed by atoms with Crippen LogP contribution >= 0.6 is 0 Å². The summed E-state index contributed by atoms with van der Waals surface area (Å²) in [5.41, 5.74) is 0.908. The molecular weight excluding hydrogens is 302 g/mol. The van der Waals surface area contributed by atoms with E-state index in [9.17, 15) is 9.59 Å². The number of ether oxygens (including phenoxy) is 1. The molecule has 1 amide bonds. The van der Waals surface area contributed by atoms with E-state index in [4.69, 9.17) is 4.74 Å². The Morgan fingerprint density at radius 1 is 0.958 bits per heavy atom. The van der Waals surface area contributed by atoms with Crippen LogP contribution in [0.15, 0.2) is 42.5 Å². The summed E-state index contributed by atoms with van der Waals surface area (Å²) in [6.07, 6.45) is 4.81. The van der Waals surface area contributed by atoms with Crippen LogP contribution < -0.4 is 0 Å². The molecule has 0 saturated heterocycles.